The van der Waals surface area contributed by atoms with Crippen molar-refractivity contribution in [1.29, 1.82) is 0 Å². The molecule has 0 amide bonds. The maximum atomic E-state index is 10.2. The molecule has 2 aromatic heterocycles. The van der Waals surface area contributed by atoms with Gasteiger partial charge >= 0.3 is 0 Å². The molecule has 0 fully saturated rings. The number of nitrogens with zero attached hydrogens (tertiary/aromatic N) is 2. The number of aromatic nitrogens is 2. The van der Waals surface area contributed by atoms with Gasteiger partial charge in [-0.25, -0.2) is 0 Å². The van der Waals surface area contributed by atoms with Crippen LogP contribution in [-0.4, -0.2) is 20.9 Å². The summed E-state index contributed by atoms with van der Waals surface area (Å²) >= 11 is 0. The number of hydrogen-bond donors (Lipinski definition) is 1. The summed E-state index contributed by atoms with van der Waals surface area (Å²) < 4.78 is 6.76. The van der Waals surface area contributed by atoms with E-state index in [-0.39, 0.29) is 37.3 Å². The van der Waals surface area contributed by atoms with E-state index in [9.17, 15) is 4.79 Å². The van der Waals surface area contributed by atoms with Crippen LogP contribution in [0.4, 0.5) is 0 Å². The predicted molar refractivity (Wildman–Crippen MR) is 125 cm³/mol. The first-order valence-electron chi connectivity index (χ1n) is 10.7. The molecule has 0 spiro atoms. The van der Waals surface area contributed by atoms with Crippen molar-refractivity contribution in [3.63, 3.8) is 0 Å². The maximum absolute atomic E-state index is 10.2. The molecule has 5 heteroatoms. The number of carbonyl (C=O) groups excluding carboxylic acids is 1. The van der Waals surface area contributed by atoms with E-state index in [2.05, 4.69) is 51.1 Å². The largest absolute Gasteiger partial charge is 0.512 e. The van der Waals surface area contributed by atoms with Gasteiger partial charge in [0, 0.05) is 38.6 Å². The Kier molecular flexibility index (Phi) is 6.23. The molecule has 0 bridgehead atoms. The topological polar surface area (TPSA) is 63.1 Å². The van der Waals surface area contributed by atoms with E-state index >= 15 is 0 Å². The number of allylic oxidation sites excluding steroid dienone is 2. The van der Waals surface area contributed by atoms with Crippen molar-refractivity contribution >= 4 is 27.5 Å². The summed E-state index contributed by atoms with van der Waals surface area (Å²) in [6, 6.07) is 16.0. The molecule has 0 aliphatic heterocycles. The normalized spacial score (nSPS) is 14.3. The number of aliphatic hydroxyl groups excluding tert-OH is 1. The molecule has 0 saturated heterocycles. The van der Waals surface area contributed by atoms with E-state index in [0.717, 1.165) is 22.2 Å². The van der Waals surface area contributed by atoms with Gasteiger partial charge in [-0.1, -0.05) is 54.6 Å². The number of hydrogen-bond acceptors (Lipinski definition) is 4. The summed E-state index contributed by atoms with van der Waals surface area (Å²) in [5, 5.41) is 12.1. The second-order valence-corrected chi connectivity index (χ2v) is 8.44. The quantitative estimate of drug-likeness (QED) is 0.159. The van der Waals surface area contributed by atoms with Crippen LogP contribution in [-0.2, 0) is 30.3 Å². The molecule has 1 N–H and O–H groups in total. The number of aliphatic hydroxyl groups is 1. The van der Waals surface area contributed by atoms with Gasteiger partial charge in [0.15, 0.2) is 5.78 Å². The van der Waals surface area contributed by atoms with Gasteiger partial charge in [0.25, 0.3) is 0 Å². The molecule has 5 rings (SSSR count). The first kappa shape index (κ1) is 22.3. The Hall–Kier alpha value is -2.88. The molecule has 1 radical (unpaired) electrons. The van der Waals surface area contributed by atoms with Crippen LogP contribution in [0.2, 0.25) is 0 Å². The predicted octanol–water partition coefficient (Wildman–Crippen LogP) is 6.23. The van der Waals surface area contributed by atoms with Crippen molar-refractivity contribution in [1.82, 2.24) is 9.97 Å². The molecule has 1 aliphatic carbocycles. The number of carbonyl (C=O) groups is 1. The number of rotatable bonds is 1. The second kappa shape index (κ2) is 8.93. The molecule has 2 heterocycles. The standard InChI is InChI=1S/C22H17N2.C5H8O2.Ir/c1-13-11-15-8-10-24-21-16-7-6-14-5-4-9-23-20(14)19(16)22(2,3)17(12-13)18(15)21;1-4(6)3-5(2)7;/h4-6,8-12H,1-3H3;3,6H,1-2H3;/q-1;;/b;4-3-;/i;3D;. The van der Waals surface area contributed by atoms with E-state index in [1.165, 1.54) is 41.3 Å². The fraction of sp³-hybridized carbons (Fsp3) is 0.222. The van der Waals surface area contributed by atoms with Crippen LogP contribution < -0.4 is 0 Å². The van der Waals surface area contributed by atoms with E-state index < -0.39 is 5.78 Å². The van der Waals surface area contributed by atoms with Crippen LogP contribution in [0.5, 0.6) is 0 Å². The number of pyridine rings is 2. The zero-order valence-electron chi connectivity index (χ0n) is 19.7. The van der Waals surface area contributed by atoms with Crippen LogP contribution in [0.1, 0.15) is 45.8 Å². The third-order valence-corrected chi connectivity index (χ3v) is 5.60. The summed E-state index contributed by atoms with van der Waals surface area (Å²) in [4.78, 5) is 19.6. The third kappa shape index (κ3) is 4.11. The minimum Gasteiger partial charge on any atom is -0.512 e. The molecule has 1 aliphatic rings. The summed E-state index contributed by atoms with van der Waals surface area (Å²) in [6.07, 6.45) is 3.78. The summed E-state index contributed by atoms with van der Waals surface area (Å²) in [5.74, 6) is -0.637. The van der Waals surface area contributed by atoms with Gasteiger partial charge in [-0.15, -0.1) is 17.7 Å². The fourth-order valence-electron chi connectivity index (χ4n) is 4.42. The minimum absolute atomic E-state index is 0. The minimum atomic E-state index is -0.412. The number of benzene rings is 2. The summed E-state index contributed by atoms with van der Waals surface area (Å²) in [7, 11) is 0. The van der Waals surface area contributed by atoms with Gasteiger partial charge in [0.2, 0.25) is 0 Å². The van der Waals surface area contributed by atoms with Gasteiger partial charge in [0.1, 0.15) is 0 Å². The fourth-order valence-corrected chi connectivity index (χ4v) is 4.42. The van der Waals surface area contributed by atoms with Gasteiger partial charge in [0.05, 0.1) is 7.13 Å². The number of fused-ring (bicyclic) bond motifs is 4. The third-order valence-electron chi connectivity index (χ3n) is 5.60. The summed E-state index contributed by atoms with van der Waals surface area (Å²) in [6.45, 7) is 9.29. The average molecular weight is 603 g/mol. The van der Waals surface area contributed by atoms with Gasteiger partial charge < -0.3 is 10.1 Å². The molecule has 0 atom stereocenters. The van der Waals surface area contributed by atoms with Crippen molar-refractivity contribution in [2.24, 2.45) is 0 Å². The zero-order valence-corrected chi connectivity index (χ0v) is 21.1. The van der Waals surface area contributed by atoms with Crippen LogP contribution in [0.15, 0.2) is 60.6 Å². The first-order chi connectivity index (χ1) is 15.1. The molecule has 32 heavy (non-hydrogen) atoms. The Balaban J connectivity index is 0.000000297. The van der Waals surface area contributed by atoms with Crippen molar-refractivity contribution in [2.45, 2.75) is 40.0 Å². The second-order valence-electron chi connectivity index (χ2n) is 8.44. The van der Waals surface area contributed by atoms with Crippen molar-refractivity contribution in [3.05, 3.63) is 83.4 Å². The summed E-state index contributed by atoms with van der Waals surface area (Å²) in [5.41, 5.74) is 6.89. The van der Waals surface area contributed by atoms with Crippen molar-refractivity contribution in [3.8, 4) is 11.3 Å². The smallest absolute Gasteiger partial charge is 0.155 e. The molecule has 165 valence electrons. The van der Waals surface area contributed by atoms with E-state index in [4.69, 9.17) is 16.4 Å². The Morgan fingerprint density at radius 2 is 1.91 bits per heavy atom. The van der Waals surface area contributed by atoms with Gasteiger partial charge in [-0.2, -0.15) is 0 Å². The number of ketones is 1. The molecule has 4 aromatic rings. The van der Waals surface area contributed by atoms with E-state index in [1.807, 2.05) is 24.5 Å². The first-order valence-corrected chi connectivity index (χ1v) is 10.2. The molecule has 0 saturated carbocycles. The molecule has 0 unspecified atom stereocenters. The SMILES string of the molecule is Cc1cc2c3c(nccc3c1)-c1[c-]cc3cccnc3c1C2(C)C.[2H]/C(C(C)=O)=C(\C)O.[Ir]. The van der Waals surface area contributed by atoms with Crippen LogP contribution in [0.3, 0.4) is 0 Å². The maximum Gasteiger partial charge on any atom is 0.155 e. The van der Waals surface area contributed by atoms with E-state index in [0.29, 0.717) is 0 Å². The number of aryl methyl sites for hydroxylation is 1. The molecule has 2 aromatic carbocycles. The Bertz CT molecular complexity index is 1420. The van der Waals surface area contributed by atoms with Gasteiger partial charge in [-0.05, 0) is 59.8 Å². The van der Waals surface area contributed by atoms with E-state index in [1.54, 1.807) is 0 Å². The van der Waals surface area contributed by atoms with Crippen LogP contribution in [0.25, 0.3) is 32.9 Å². The monoisotopic (exact) mass is 603 g/mol. The van der Waals surface area contributed by atoms with Crippen molar-refractivity contribution < 1.29 is 31.4 Å². The Morgan fingerprint density at radius 3 is 2.56 bits per heavy atom. The Morgan fingerprint density at radius 1 is 1.16 bits per heavy atom. The molecular formula is C27H25IrN2O2-. The van der Waals surface area contributed by atoms with Gasteiger partial charge in [-0.3, -0.25) is 9.78 Å². The van der Waals surface area contributed by atoms with Crippen LogP contribution >= 0.6 is 0 Å². The molecule has 4 nitrogen and oxygen atoms in total. The average Bonchev–Trinajstić information content (AvgIpc) is 2.76. The Labute approximate surface area is 203 Å². The van der Waals surface area contributed by atoms with Crippen LogP contribution in [0, 0.1) is 13.0 Å². The zero-order chi connectivity index (χ0) is 23.2. The van der Waals surface area contributed by atoms with Crippen molar-refractivity contribution in [2.75, 3.05) is 0 Å². The molecular weight excluding hydrogens is 577 g/mol.